The van der Waals surface area contributed by atoms with Crippen LogP contribution in [0.2, 0.25) is 0 Å². The molecule has 0 atom stereocenters. The predicted molar refractivity (Wildman–Crippen MR) is 51.9 cm³/mol. The molecule has 0 aliphatic heterocycles. The second-order valence-electron chi connectivity index (χ2n) is 2.62. The van der Waals surface area contributed by atoms with Gasteiger partial charge in [-0.15, -0.1) is 0 Å². The van der Waals surface area contributed by atoms with E-state index in [1.165, 1.54) is 23.7 Å². The van der Waals surface area contributed by atoms with Crippen LogP contribution in [0.25, 0.3) is 10.4 Å². The van der Waals surface area contributed by atoms with E-state index >= 15 is 0 Å². The zero-order valence-corrected chi connectivity index (χ0v) is 7.51. The number of benzene rings is 1. The SMILES string of the molecule is Nc1cnsc1-c1cccc(F)c1. The van der Waals surface area contributed by atoms with E-state index in [4.69, 9.17) is 5.73 Å². The third-order valence-corrected chi connectivity index (χ3v) is 2.55. The second kappa shape index (κ2) is 3.14. The number of anilines is 1. The maximum Gasteiger partial charge on any atom is 0.123 e. The Morgan fingerprint density at radius 2 is 2.23 bits per heavy atom. The summed E-state index contributed by atoms with van der Waals surface area (Å²) in [7, 11) is 0. The molecule has 0 radical (unpaired) electrons. The Labute approximate surface area is 79.0 Å². The zero-order chi connectivity index (χ0) is 9.26. The molecule has 0 spiro atoms. The molecular formula is C9H7FN2S. The van der Waals surface area contributed by atoms with E-state index in [-0.39, 0.29) is 5.82 Å². The number of nitrogens with zero attached hydrogens (tertiary/aromatic N) is 1. The van der Waals surface area contributed by atoms with Crippen molar-refractivity contribution in [2.24, 2.45) is 0 Å². The first-order valence-electron chi connectivity index (χ1n) is 3.73. The Kier molecular flexibility index (Phi) is 1.98. The summed E-state index contributed by atoms with van der Waals surface area (Å²) in [5.74, 6) is -0.259. The van der Waals surface area contributed by atoms with Crippen molar-refractivity contribution in [3.05, 3.63) is 36.3 Å². The Morgan fingerprint density at radius 1 is 1.38 bits per heavy atom. The number of nitrogens with two attached hydrogens (primary N) is 1. The number of nitrogen functional groups attached to an aromatic ring is 1. The van der Waals surface area contributed by atoms with Crippen LogP contribution in [0.1, 0.15) is 0 Å². The lowest BCUT2D eigenvalue weighted by Crippen LogP contribution is -1.84. The maximum atomic E-state index is 12.8. The van der Waals surface area contributed by atoms with E-state index in [0.29, 0.717) is 5.69 Å². The lowest BCUT2D eigenvalue weighted by atomic mass is 10.2. The first kappa shape index (κ1) is 8.19. The minimum atomic E-state index is -0.259. The molecule has 1 aromatic heterocycles. The number of hydrogen-bond donors (Lipinski definition) is 1. The molecule has 0 unspecified atom stereocenters. The fraction of sp³-hybridized carbons (Fsp3) is 0. The van der Waals surface area contributed by atoms with Gasteiger partial charge in [0, 0.05) is 0 Å². The first-order valence-corrected chi connectivity index (χ1v) is 4.51. The van der Waals surface area contributed by atoms with Crippen molar-refractivity contribution in [3.8, 4) is 10.4 Å². The van der Waals surface area contributed by atoms with Crippen LogP contribution in [0.15, 0.2) is 30.5 Å². The number of hydrogen-bond acceptors (Lipinski definition) is 3. The summed E-state index contributed by atoms with van der Waals surface area (Å²) in [5, 5.41) is 0. The highest BCUT2D eigenvalue weighted by Gasteiger charge is 2.05. The number of aromatic nitrogens is 1. The van der Waals surface area contributed by atoms with Crippen LogP contribution in [-0.2, 0) is 0 Å². The second-order valence-corrected chi connectivity index (χ2v) is 3.42. The molecule has 0 fully saturated rings. The van der Waals surface area contributed by atoms with Crippen LogP contribution in [0.3, 0.4) is 0 Å². The summed E-state index contributed by atoms with van der Waals surface area (Å²) in [6.45, 7) is 0. The maximum absolute atomic E-state index is 12.8. The summed E-state index contributed by atoms with van der Waals surface area (Å²) in [6.07, 6.45) is 1.57. The topological polar surface area (TPSA) is 38.9 Å². The van der Waals surface area contributed by atoms with E-state index in [2.05, 4.69) is 4.37 Å². The average Bonchev–Trinajstić information content (AvgIpc) is 2.51. The van der Waals surface area contributed by atoms with E-state index in [1.807, 2.05) is 6.07 Å². The van der Waals surface area contributed by atoms with E-state index in [1.54, 1.807) is 12.3 Å². The molecule has 4 heteroatoms. The third-order valence-electron chi connectivity index (χ3n) is 1.68. The quantitative estimate of drug-likeness (QED) is 0.757. The number of rotatable bonds is 1. The monoisotopic (exact) mass is 194 g/mol. The molecule has 2 rings (SSSR count). The van der Waals surface area contributed by atoms with Gasteiger partial charge in [-0.1, -0.05) is 12.1 Å². The standard InChI is InChI=1S/C9H7FN2S/c10-7-3-1-2-6(4-7)9-8(11)5-12-13-9/h1-5H,11H2. The third kappa shape index (κ3) is 1.53. The molecule has 2 nitrogen and oxygen atoms in total. The number of halogens is 1. The summed E-state index contributed by atoms with van der Waals surface area (Å²) in [4.78, 5) is 0.819. The molecule has 1 aromatic carbocycles. The van der Waals surface area contributed by atoms with Gasteiger partial charge in [-0.2, -0.15) is 4.37 Å². The molecule has 0 saturated carbocycles. The fourth-order valence-electron chi connectivity index (χ4n) is 1.10. The summed E-state index contributed by atoms with van der Waals surface area (Å²) >= 11 is 1.27. The minimum Gasteiger partial charge on any atom is -0.396 e. The van der Waals surface area contributed by atoms with E-state index in [0.717, 1.165) is 10.4 Å². The van der Waals surface area contributed by atoms with Crippen LogP contribution in [0.4, 0.5) is 10.1 Å². The Balaban J connectivity index is 2.53. The lowest BCUT2D eigenvalue weighted by Gasteiger charge is -1.97. The molecule has 0 amide bonds. The van der Waals surface area contributed by atoms with Gasteiger partial charge in [-0.25, -0.2) is 4.39 Å². The van der Waals surface area contributed by atoms with E-state index in [9.17, 15) is 4.39 Å². The molecule has 0 bridgehead atoms. The van der Waals surface area contributed by atoms with Gasteiger partial charge in [-0.3, -0.25) is 0 Å². The largest absolute Gasteiger partial charge is 0.396 e. The molecule has 0 aliphatic carbocycles. The zero-order valence-electron chi connectivity index (χ0n) is 6.70. The van der Waals surface area contributed by atoms with Gasteiger partial charge in [0.1, 0.15) is 5.82 Å². The first-order chi connectivity index (χ1) is 6.27. The Morgan fingerprint density at radius 3 is 2.85 bits per heavy atom. The minimum absolute atomic E-state index is 0.259. The summed E-state index contributed by atoms with van der Waals surface area (Å²) in [6, 6.07) is 6.32. The Bertz CT molecular complexity index is 425. The molecule has 13 heavy (non-hydrogen) atoms. The summed E-state index contributed by atoms with van der Waals surface area (Å²) < 4.78 is 16.8. The van der Waals surface area contributed by atoms with Gasteiger partial charge >= 0.3 is 0 Å². The molecule has 66 valence electrons. The van der Waals surface area contributed by atoms with Crippen LogP contribution in [-0.4, -0.2) is 4.37 Å². The highest BCUT2D eigenvalue weighted by molar-refractivity contribution is 7.10. The van der Waals surface area contributed by atoms with Crippen molar-refractivity contribution in [2.45, 2.75) is 0 Å². The molecular weight excluding hydrogens is 187 g/mol. The van der Waals surface area contributed by atoms with Crippen molar-refractivity contribution in [1.82, 2.24) is 4.37 Å². The smallest absolute Gasteiger partial charge is 0.123 e. The highest BCUT2D eigenvalue weighted by Crippen LogP contribution is 2.29. The van der Waals surface area contributed by atoms with Gasteiger partial charge in [0.15, 0.2) is 0 Å². The van der Waals surface area contributed by atoms with Crippen molar-refractivity contribution in [1.29, 1.82) is 0 Å². The van der Waals surface area contributed by atoms with Crippen LogP contribution in [0, 0.1) is 5.82 Å². The van der Waals surface area contributed by atoms with Crippen molar-refractivity contribution < 1.29 is 4.39 Å². The lowest BCUT2D eigenvalue weighted by molar-refractivity contribution is 0.628. The molecule has 1 heterocycles. The highest BCUT2D eigenvalue weighted by atomic mass is 32.1. The normalized spacial score (nSPS) is 10.2. The fourth-order valence-corrected chi connectivity index (χ4v) is 1.76. The van der Waals surface area contributed by atoms with Crippen LogP contribution >= 0.6 is 11.5 Å². The average molecular weight is 194 g/mol. The van der Waals surface area contributed by atoms with Gasteiger partial charge in [0.2, 0.25) is 0 Å². The van der Waals surface area contributed by atoms with Gasteiger partial charge in [0.05, 0.1) is 16.8 Å². The summed E-state index contributed by atoms with van der Waals surface area (Å²) in [5.41, 5.74) is 7.02. The predicted octanol–water partition coefficient (Wildman–Crippen LogP) is 2.53. The van der Waals surface area contributed by atoms with Crippen LogP contribution in [0.5, 0.6) is 0 Å². The molecule has 2 aromatic rings. The molecule has 0 saturated heterocycles. The molecule has 2 N–H and O–H groups in total. The van der Waals surface area contributed by atoms with Gasteiger partial charge in [-0.05, 0) is 29.2 Å². The van der Waals surface area contributed by atoms with Gasteiger partial charge < -0.3 is 5.73 Å². The molecule has 0 aliphatic rings. The van der Waals surface area contributed by atoms with E-state index < -0.39 is 0 Å². The Hall–Kier alpha value is -1.42. The van der Waals surface area contributed by atoms with Crippen molar-refractivity contribution >= 4 is 17.2 Å². The van der Waals surface area contributed by atoms with Crippen LogP contribution < -0.4 is 5.73 Å². The van der Waals surface area contributed by atoms with Crippen molar-refractivity contribution in [2.75, 3.05) is 5.73 Å². The van der Waals surface area contributed by atoms with Gasteiger partial charge in [0.25, 0.3) is 0 Å². The van der Waals surface area contributed by atoms with Crippen molar-refractivity contribution in [3.63, 3.8) is 0 Å².